The van der Waals surface area contributed by atoms with E-state index in [0.29, 0.717) is 29.4 Å². The first-order valence-corrected chi connectivity index (χ1v) is 8.46. The summed E-state index contributed by atoms with van der Waals surface area (Å²) in [6, 6.07) is 16.7. The molecule has 3 aromatic rings. The number of benzene rings is 2. The molecule has 0 aliphatic carbocycles. The standard InChI is InChI=1S/C22H19N3O2/c1-3-16(4-2)15-26-20-8-6-5-7-19(20)22-21(14-24-25-22)27-18-11-9-17(13-23)10-12-18/h3-12,14H,1,15H2,2H3,(H,24,25)/b16-4+. The van der Waals surface area contributed by atoms with E-state index in [1.165, 1.54) is 0 Å². The molecule has 3 rings (SSSR count). The fraction of sp³-hybridized carbons (Fsp3) is 0.0909. The summed E-state index contributed by atoms with van der Waals surface area (Å²) in [6.45, 7) is 6.16. The second-order valence-corrected chi connectivity index (χ2v) is 5.70. The van der Waals surface area contributed by atoms with Crippen molar-refractivity contribution in [2.45, 2.75) is 6.92 Å². The van der Waals surface area contributed by atoms with E-state index >= 15 is 0 Å². The molecule has 0 bridgehead atoms. The maximum atomic E-state index is 8.90. The van der Waals surface area contributed by atoms with Crippen molar-refractivity contribution in [3.8, 4) is 34.6 Å². The molecule has 0 amide bonds. The molecule has 5 nitrogen and oxygen atoms in total. The molecule has 0 saturated carbocycles. The van der Waals surface area contributed by atoms with Crippen LogP contribution in [0.5, 0.6) is 17.2 Å². The number of nitriles is 1. The van der Waals surface area contributed by atoms with E-state index < -0.39 is 0 Å². The van der Waals surface area contributed by atoms with Gasteiger partial charge in [0.2, 0.25) is 0 Å². The van der Waals surface area contributed by atoms with Crippen molar-refractivity contribution in [3.63, 3.8) is 0 Å². The van der Waals surface area contributed by atoms with Crippen molar-refractivity contribution in [2.75, 3.05) is 6.61 Å². The molecule has 0 radical (unpaired) electrons. The maximum absolute atomic E-state index is 8.90. The lowest BCUT2D eigenvalue weighted by atomic mass is 10.1. The Morgan fingerprint density at radius 3 is 2.67 bits per heavy atom. The molecule has 2 aromatic carbocycles. The number of aromatic amines is 1. The highest BCUT2D eigenvalue weighted by Crippen LogP contribution is 2.36. The third-order valence-corrected chi connectivity index (χ3v) is 4.00. The van der Waals surface area contributed by atoms with Crippen LogP contribution in [-0.2, 0) is 0 Å². The van der Waals surface area contributed by atoms with E-state index in [0.717, 1.165) is 16.8 Å². The van der Waals surface area contributed by atoms with E-state index in [-0.39, 0.29) is 0 Å². The predicted molar refractivity (Wildman–Crippen MR) is 105 cm³/mol. The fourth-order valence-electron chi connectivity index (χ4n) is 2.49. The van der Waals surface area contributed by atoms with Crippen molar-refractivity contribution in [2.24, 2.45) is 0 Å². The zero-order valence-electron chi connectivity index (χ0n) is 15.0. The van der Waals surface area contributed by atoms with E-state index in [1.807, 2.05) is 37.3 Å². The molecule has 134 valence electrons. The van der Waals surface area contributed by atoms with Gasteiger partial charge in [-0.15, -0.1) is 0 Å². The second-order valence-electron chi connectivity index (χ2n) is 5.70. The van der Waals surface area contributed by atoms with E-state index in [1.54, 1.807) is 36.5 Å². The number of hydrogen-bond acceptors (Lipinski definition) is 4. The monoisotopic (exact) mass is 357 g/mol. The molecule has 0 unspecified atom stereocenters. The number of aromatic nitrogens is 2. The number of H-pyrrole nitrogens is 1. The molecule has 5 heteroatoms. The molecule has 0 atom stereocenters. The van der Waals surface area contributed by atoms with Crippen LogP contribution in [-0.4, -0.2) is 16.8 Å². The summed E-state index contributed by atoms with van der Waals surface area (Å²) in [5.74, 6) is 1.91. The van der Waals surface area contributed by atoms with E-state index in [9.17, 15) is 0 Å². The van der Waals surface area contributed by atoms with Gasteiger partial charge in [-0.2, -0.15) is 10.4 Å². The first kappa shape index (κ1) is 18.0. The van der Waals surface area contributed by atoms with Crippen molar-refractivity contribution in [1.29, 1.82) is 5.26 Å². The van der Waals surface area contributed by atoms with Crippen LogP contribution in [0, 0.1) is 11.3 Å². The number of nitrogens with zero attached hydrogens (tertiary/aromatic N) is 2. The topological polar surface area (TPSA) is 70.9 Å². The number of hydrogen-bond donors (Lipinski definition) is 1. The van der Waals surface area contributed by atoms with Crippen LogP contribution in [0.1, 0.15) is 12.5 Å². The summed E-state index contributed by atoms with van der Waals surface area (Å²) >= 11 is 0. The highest BCUT2D eigenvalue weighted by atomic mass is 16.5. The molecular weight excluding hydrogens is 338 g/mol. The van der Waals surface area contributed by atoms with Gasteiger partial charge < -0.3 is 9.47 Å². The molecule has 0 aliphatic heterocycles. The van der Waals surface area contributed by atoms with Gasteiger partial charge in [-0.3, -0.25) is 5.10 Å². The Kier molecular flexibility index (Phi) is 5.70. The number of ether oxygens (including phenoxy) is 2. The summed E-state index contributed by atoms with van der Waals surface area (Å²) in [4.78, 5) is 0. The first-order chi connectivity index (χ1) is 13.2. The zero-order valence-corrected chi connectivity index (χ0v) is 15.0. The zero-order chi connectivity index (χ0) is 19.1. The molecule has 0 spiro atoms. The van der Waals surface area contributed by atoms with Crippen LogP contribution in [0.15, 0.2) is 79.0 Å². The van der Waals surface area contributed by atoms with Gasteiger partial charge in [0.05, 0.1) is 17.8 Å². The fourth-order valence-corrected chi connectivity index (χ4v) is 2.49. The Morgan fingerprint density at radius 2 is 1.96 bits per heavy atom. The predicted octanol–water partition coefficient (Wildman–Crippen LogP) is 5.25. The smallest absolute Gasteiger partial charge is 0.173 e. The van der Waals surface area contributed by atoms with Crippen molar-refractivity contribution in [1.82, 2.24) is 10.2 Å². The summed E-state index contributed by atoms with van der Waals surface area (Å²) < 4.78 is 11.9. The summed E-state index contributed by atoms with van der Waals surface area (Å²) in [6.07, 6.45) is 5.36. The Hall–Kier alpha value is -3.78. The molecule has 0 aliphatic rings. The lowest BCUT2D eigenvalue weighted by molar-refractivity contribution is 0.356. The quantitative estimate of drug-likeness (QED) is 0.586. The summed E-state index contributed by atoms with van der Waals surface area (Å²) in [5.41, 5.74) is 3.15. The normalized spacial score (nSPS) is 10.9. The number of allylic oxidation sites excluding steroid dienone is 1. The lowest BCUT2D eigenvalue weighted by Gasteiger charge is -2.12. The molecule has 1 heterocycles. The number of para-hydroxylation sites is 1. The summed E-state index contributed by atoms with van der Waals surface area (Å²) in [5, 5.41) is 16.0. The van der Waals surface area contributed by atoms with Gasteiger partial charge in [-0.1, -0.05) is 30.9 Å². The second kappa shape index (κ2) is 8.54. The summed E-state index contributed by atoms with van der Waals surface area (Å²) in [7, 11) is 0. The van der Waals surface area contributed by atoms with Crippen LogP contribution in [0.3, 0.4) is 0 Å². The molecule has 1 aromatic heterocycles. The Bertz CT molecular complexity index is 995. The van der Waals surface area contributed by atoms with Gasteiger partial charge >= 0.3 is 0 Å². The lowest BCUT2D eigenvalue weighted by Crippen LogP contribution is -2.00. The van der Waals surface area contributed by atoms with Gasteiger partial charge in [-0.05, 0) is 48.9 Å². The average molecular weight is 357 g/mol. The van der Waals surface area contributed by atoms with E-state index in [2.05, 4.69) is 22.8 Å². The molecule has 0 saturated heterocycles. The average Bonchev–Trinajstić information content (AvgIpc) is 3.17. The van der Waals surface area contributed by atoms with Crippen molar-refractivity contribution < 1.29 is 9.47 Å². The minimum Gasteiger partial charge on any atom is -0.488 e. The highest BCUT2D eigenvalue weighted by Gasteiger charge is 2.15. The van der Waals surface area contributed by atoms with Crippen molar-refractivity contribution >= 4 is 0 Å². The SMILES string of the molecule is C=C/C(=C\C)COc1ccccc1-c1[nH]ncc1Oc1ccc(C#N)cc1. The largest absolute Gasteiger partial charge is 0.488 e. The van der Waals surface area contributed by atoms with Gasteiger partial charge in [0.1, 0.15) is 23.8 Å². The third kappa shape index (κ3) is 4.25. The molecule has 27 heavy (non-hydrogen) atoms. The Labute approximate surface area is 158 Å². The minimum absolute atomic E-state index is 0.428. The third-order valence-electron chi connectivity index (χ3n) is 4.00. The van der Waals surface area contributed by atoms with Crippen LogP contribution in [0.2, 0.25) is 0 Å². The number of nitrogens with one attached hydrogen (secondary N) is 1. The molecule has 0 fully saturated rings. The Morgan fingerprint density at radius 1 is 1.19 bits per heavy atom. The van der Waals surface area contributed by atoms with Gasteiger partial charge in [0.15, 0.2) is 5.75 Å². The van der Waals surface area contributed by atoms with Crippen LogP contribution < -0.4 is 9.47 Å². The highest BCUT2D eigenvalue weighted by molar-refractivity contribution is 5.72. The first-order valence-electron chi connectivity index (χ1n) is 8.46. The van der Waals surface area contributed by atoms with Crippen LogP contribution in [0.4, 0.5) is 0 Å². The van der Waals surface area contributed by atoms with Crippen LogP contribution >= 0.6 is 0 Å². The molecule has 1 N–H and O–H groups in total. The van der Waals surface area contributed by atoms with Gasteiger partial charge in [0, 0.05) is 5.56 Å². The molecular formula is C22H19N3O2. The van der Waals surface area contributed by atoms with Gasteiger partial charge in [0.25, 0.3) is 0 Å². The Balaban J connectivity index is 1.86. The maximum Gasteiger partial charge on any atom is 0.173 e. The minimum atomic E-state index is 0.428. The van der Waals surface area contributed by atoms with Crippen LogP contribution in [0.25, 0.3) is 11.3 Å². The van der Waals surface area contributed by atoms with Crippen molar-refractivity contribution in [3.05, 3.63) is 84.6 Å². The van der Waals surface area contributed by atoms with Gasteiger partial charge in [-0.25, -0.2) is 0 Å². The number of rotatable bonds is 7. The van der Waals surface area contributed by atoms with E-state index in [4.69, 9.17) is 14.7 Å².